The van der Waals surface area contributed by atoms with E-state index in [2.05, 4.69) is 45.1 Å². The molecular formula is C10H14. The van der Waals surface area contributed by atoms with E-state index in [0.29, 0.717) is 5.92 Å². The lowest BCUT2D eigenvalue weighted by Crippen LogP contribution is -1.83. The summed E-state index contributed by atoms with van der Waals surface area (Å²) >= 11 is 0. The Kier molecular flexibility index (Phi) is 2.10. The molecule has 1 rings (SSSR count). The zero-order chi connectivity index (χ0) is 7.56. The molecular weight excluding hydrogens is 120 g/mol. The van der Waals surface area contributed by atoms with Gasteiger partial charge in [-0.2, -0.15) is 0 Å². The standard InChI is InChI=1S/C10H14/c1-8-5-4-6-9(2)10(3)7-8/h4-8H,1-3H3. The van der Waals surface area contributed by atoms with Gasteiger partial charge in [0.1, 0.15) is 0 Å². The Bertz CT molecular complexity index is 204. The number of hydrogen-bond donors (Lipinski definition) is 0. The van der Waals surface area contributed by atoms with Crippen molar-refractivity contribution >= 4 is 0 Å². The summed E-state index contributed by atoms with van der Waals surface area (Å²) in [6.07, 6.45) is 8.79. The summed E-state index contributed by atoms with van der Waals surface area (Å²) < 4.78 is 0. The first kappa shape index (κ1) is 7.33. The summed E-state index contributed by atoms with van der Waals surface area (Å²) in [5.41, 5.74) is 2.78. The molecule has 0 aromatic carbocycles. The molecule has 0 aromatic heterocycles. The molecule has 0 bridgehead atoms. The highest BCUT2D eigenvalue weighted by molar-refractivity contribution is 5.34. The summed E-state index contributed by atoms with van der Waals surface area (Å²) in [4.78, 5) is 0. The lowest BCUT2D eigenvalue weighted by atomic mass is 10.1. The molecule has 0 saturated heterocycles. The van der Waals surface area contributed by atoms with Crippen LogP contribution in [-0.4, -0.2) is 0 Å². The van der Waals surface area contributed by atoms with Crippen molar-refractivity contribution in [2.45, 2.75) is 20.8 Å². The third-order valence-electron chi connectivity index (χ3n) is 1.90. The van der Waals surface area contributed by atoms with Gasteiger partial charge in [0.2, 0.25) is 0 Å². The van der Waals surface area contributed by atoms with E-state index in [0.717, 1.165) is 0 Å². The second-order valence-electron chi connectivity index (χ2n) is 2.94. The van der Waals surface area contributed by atoms with Gasteiger partial charge in [-0.3, -0.25) is 0 Å². The van der Waals surface area contributed by atoms with Crippen LogP contribution < -0.4 is 0 Å². The van der Waals surface area contributed by atoms with Crippen molar-refractivity contribution in [2.24, 2.45) is 5.92 Å². The maximum absolute atomic E-state index is 2.29. The molecule has 1 unspecified atom stereocenters. The first-order valence-corrected chi connectivity index (χ1v) is 3.74. The highest BCUT2D eigenvalue weighted by Gasteiger charge is 1.98. The predicted molar refractivity (Wildman–Crippen MR) is 45.8 cm³/mol. The van der Waals surface area contributed by atoms with Gasteiger partial charge in [-0.05, 0) is 25.3 Å². The van der Waals surface area contributed by atoms with Crippen LogP contribution in [0.5, 0.6) is 0 Å². The molecule has 1 atom stereocenters. The van der Waals surface area contributed by atoms with Gasteiger partial charge in [0.05, 0.1) is 0 Å². The van der Waals surface area contributed by atoms with Crippen LogP contribution in [0.2, 0.25) is 0 Å². The Balaban J connectivity index is 2.90. The van der Waals surface area contributed by atoms with Gasteiger partial charge in [-0.25, -0.2) is 0 Å². The molecule has 0 spiro atoms. The molecule has 1 aliphatic carbocycles. The van der Waals surface area contributed by atoms with Gasteiger partial charge in [0.15, 0.2) is 0 Å². The molecule has 0 saturated carbocycles. The van der Waals surface area contributed by atoms with Crippen LogP contribution in [0.25, 0.3) is 0 Å². The van der Waals surface area contributed by atoms with Gasteiger partial charge < -0.3 is 0 Å². The van der Waals surface area contributed by atoms with Crippen molar-refractivity contribution in [3.8, 4) is 0 Å². The van der Waals surface area contributed by atoms with Crippen molar-refractivity contribution in [1.82, 2.24) is 0 Å². The van der Waals surface area contributed by atoms with E-state index in [1.165, 1.54) is 11.1 Å². The quantitative estimate of drug-likeness (QED) is 0.477. The molecule has 1 aliphatic rings. The maximum atomic E-state index is 2.29. The third kappa shape index (κ3) is 1.60. The van der Waals surface area contributed by atoms with E-state index < -0.39 is 0 Å². The minimum absolute atomic E-state index is 0.591. The lowest BCUT2D eigenvalue weighted by Gasteiger charge is -1.99. The molecule has 0 heterocycles. The minimum Gasteiger partial charge on any atom is -0.0779 e. The Morgan fingerprint density at radius 1 is 1.20 bits per heavy atom. The highest BCUT2D eigenvalue weighted by Crippen LogP contribution is 2.15. The second-order valence-corrected chi connectivity index (χ2v) is 2.94. The fourth-order valence-corrected chi connectivity index (χ4v) is 1.09. The van der Waals surface area contributed by atoms with Crippen molar-refractivity contribution in [3.63, 3.8) is 0 Å². The van der Waals surface area contributed by atoms with E-state index in [9.17, 15) is 0 Å². The second kappa shape index (κ2) is 2.87. The predicted octanol–water partition coefficient (Wildman–Crippen LogP) is 3.08. The van der Waals surface area contributed by atoms with Crippen molar-refractivity contribution < 1.29 is 0 Å². The van der Waals surface area contributed by atoms with E-state index in [1.807, 2.05) is 0 Å². The monoisotopic (exact) mass is 134 g/mol. The smallest absolute Gasteiger partial charge is 0.00729 e. The van der Waals surface area contributed by atoms with Crippen LogP contribution in [-0.2, 0) is 0 Å². The molecule has 0 aromatic rings. The fourth-order valence-electron chi connectivity index (χ4n) is 1.09. The topological polar surface area (TPSA) is 0 Å². The zero-order valence-corrected chi connectivity index (χ0v) is 6.89. The van der Waals surface area contributed by atoms with Gasteiger partial charge in [0.25, 0.3) is 0 Å². The fraction of sp³-hybridized carbons (Fsp3) is 0.400. The normalized spacial score (nSPS) is 25.3. The van der Waals surface area contributed by atoms with Crippen LogP contribution in [0, 0.1) is 5.92 Å². The Morgan fingerprint density at radius 2 is 1.90 bits per heavy atom. The van der Waals surface area contributed by atoms with Crippen molar-refractivity contribution in [3.05, 3.63) is 35.5 Å². The van der Waals surface area contributed by atoms with E-state index >= 15 is 0 Å². The first-order chi connectivity index (χ1) is 4.70. The van der Waals surface area contributed by atoms with E-state index in [1.54, 1.807) is 0 Å². The summed E-state index contributed by atoms with van der Waals surface area (Å²) in [6.45, 7) is 6.51. The SMILES string of the molecule is CC1=CC=CC(C)C=C1C. The molecule has 54 valence electrons. The minimum atomic E-state index is 0.591. The summed E-state index contributed by atoms with van der Waals surface area (Å²) in [5.74, 6) is 0.591. The number of allylic oxidation sites excluding steroid dienone is 6. The third-order valence-corrected chi connectivity index (χ3v) is 1.90. The van der Waals surface area contributed by atoms with E-state index in [-0.39, 0.29) is 0 Å². The number of hydrogen-bond acceptors (Lipinski definition) is 0. The van der Waals surface area contributed by atoms with Crippen LogP contribution in [0.4, 0.5) is 0 Å². The Labute approximate surface area is 62.9 Å². The summed E-state index contributed by atoms with van der Waals surface area (Å²) in [6, 6.07) is 0. The lowest BCUT2D eigenvalue weighted by molar-refractivity contribution is 0.931. The van der Waals surface area contributed by atoms with Gasteiger partial charge >= 0.3 is 0 Å². The van der Waals surface area contributed by atoms with Crippen LogP contribution in [0.3, 0.4) is 0 Å². The maximum Gasteiger partial charge on any atom is -0.00729 e. The van der Waals surface area contributed by atoms with Gasteiger partial charge in [-0.1, -0.05) is 36.8 Å². The molecule has 0 nitrogen and oxygen atoms in total. The van der Waals surface area contributed by atoms with Gasteiger partial charge in [0, 0.05) is 0 Å². The first-order valence-electron chi connectivity index (χ1n) is 3.74. The average molecular weight is 134 g/mol. The molecule has 0 N–H and O–H groups in total. The van der Waals surface area contributed by atoms with Crippen molar-refractivity contribution in [2.75, 3.05) is 0 Å². The Hall–Kier alpha value is -0.780. The Morgan fingerprint density at radius 3 is 2.60 bits per heavy atom. The largest absolute Gasteiger partial charge is 0.0779 e. The van der Waals surface area contributed by atoms with Gasteiger partial charge in [-0.15, -0.1) is 0 Å². The number of rotatable bonds is 0. The molecule has 10 heavy (non-hydrogen) atoms. The van der Waals surface area contributed by atoms with Crippen LogP contribution in [0.1, 0.15) is 20.8 Å². The summed E-state index contributed by atoms with van der Waals surface area (Å²) in [7, 11) is 0. The molecule has 0 amide bonds. The van der Waals surface area contributed by atoms with Crippen molar-refractivity contribution in [1.29, 1.82) is 0 Å². The molecule has 0 heteroatoms. The zero-order valence-electron chi connectivity index (χ0n) is 6.89. The van der Waals surface area contributed by atoms with Crippen LogP contribution in [0.15, 0.2) is 35.5 Å². The summed E-state index contributed by atoms with van der Waals surface area (Å²) in [5, 5.41) is 0. The highest BCUT2D eigenvalue weighted by atomic mass is 14.0. The molecule has 0 aliphatic heterocycles. The van der Waals surface area contributed by atoms with E-state index in [4.69, 9.17) is 0 Å². The molecule has 0 radical (unpaired) electrons. The molecule has 0 fully saturated rings. The van der Waals surface area contributed by atoms with Crippen LogP contribution >= 0.6 is 0 Å². The average Bonchev–Trinajstić information content (AvgIpc) is 1.96.